The van der Waals surface area contributed by atoms with Gasteiger partial charge in [-0.1, -0.05) is 18.2 Å². The van der Waals surface area contributed by atoms with E-state index in [0.29, 0.717) is 30.3 Å². The third-order valence-electron chi connectivity index (χ3n) is 5.93. The summed E-state index contributed by atoms with van der Waals surface area (Å²) in [5.74, 6) is 2.57. The van der Waals surface area contributed by atoms with Gasteiger partial charge in [0.05, 0.1) is 26.8 Å². The molecule has 1 fully saturated rings. The number of aryl methyl sites for hydroxylation is 1. The van der Waals surface area contributed by atoms with Gasteiger partial charge in [-0.3, -0.25) is 4.79 Å². The Hall–Kier alpha value is -3.74. The molecule has 0 N–H and O–H groups in total. The number of ether oxygens (including phenoxy) is 3. The summed E-state index contributed by atoms with van der Waals surface area (Å²) in [6.07, 6.45) is 3.36. The molecule has 0 radical (unpaired) electrons. The van der Waals surface area contributed by atoms with Crippen LogP contribution in [0.3, 0.4) is 0 Å². The van der Waals surface area contributed by atoms with Crippen molar-refractivity contribution in [2.75, 3.05) is 52.4 Å². The van der Waals surface area contributed by atoms with Crippen LogP contribution in [0, 0.1) is 6.92 Å². The summed E-state index contributed by atoms with van der Waals surface area (Å²) in [4.78, 5) is 21.7. The van der Waals surface area contributed by atoms with Gasteiger partial charge in [0.15, 0.2) is 11.5 Å². The number of carbonyl (C=O) groups excluding carboxylic acids is 1. The maximum atomic E-state index is 12.8. The third kappa shape index (κ3) is 4.72. The van der Waals surface area contributed by atoms with Crippen LogP contribution in [0.4, 0.5) is 5.82 Å². The van der Waals surface area contributed by atoms with Crippen molar-refractivity contribution in [2.24, 2.45) is 0 Å². The Kier molecular flexibility index (Phi) is 6.68. The molecular weight excluding hydrogens is 418 g/mol. The Labute approximate surface area is 194 Å². The maximum Gasteiger partial charge on any atom is 0.246 e. The van der Waals surface area contributed by atoms with Crippen molar-refractivity contribution in [1.82, 2.24) is 9.88 Å². The summed E-state index contributed by atoms with van der Waals surface area (Å²) >= 11 is 0. The van der Waals surface area contributed by atoms with Gasteiger partial charge in [0.2, 0.25) is 11.7 Å². The highest BCUT2D eigenvalue weighted by atomic mass is 16.5. The summed E-state index contributed by atoms with van der Waals surface area (Å²) in [5.41, 5.74) is 3.01. The first kappa shape index (κ1) is 22.5. The number of pyridine rings is 1. The van der Waals surface area contributed by atoms with Crippen LogP contribution in [-0.2, 0) is 4.79 Å². The number of anilines is 1. The Morgan fingerprint density at radius 3 is 2.24 bits per heavy atom. The van der Waals surface area contributed by atoms with E-state index >= 15 is 0 Å². The number of carbonyl (C=O) groups is 1. The van der Waals surface area contributed by atoms with Crippen molar-refractivity contribution >= 4 is 28.7 Å². The molecule has 1 amide bonds. The molecule has 33 heavy (non-hydrogen) atoms. The van der Waals surface area contributed by atoms with Crippen molar-refractivity contribution in [1.29, 1.82) is 0 Å². The quantitative estimate of drug-likeness (QED) is 0.534. The van der Waals surface area contributed by atoms with Gasteiger partial charge in [0.25, 0.3) is 0 Å². The molecule has 0 saturated carbocycles. The van der Waals surface area contributed by atoms with Crippen LogP contribution in [0.2, 0.25) is 0 Å². The van der Waals surface area contributed by atoms with E-state index in [0.717, 1.165) is 30.0 Å². The monoisotopic (exact) mass is 447 g/mol. The van der Waals surface area contributed by atoms with Crippen LogP contribution in [0.25, 0.3) is 17.0 Å². The molecule has 0 spiro atoms. The molecule has 1 aromatic heterocycles. The first-order valence-electron chi connectivity index (χ1n) is 10.9. The number of nitrogens with zero attached hydrogens (tertiary/aromatic N) is 3. The summed E-state index contributed by atoms with van der Waals surface area (Å²) < 4.78 is 16.1. The molecule has 2 heterocycles. The zero-order valence-electron chi connectivity index (χ0n) is 19.5. The zero-order valence-corrected chi connectivity index (χ0v) is 19.5. The Morgan fingerprint density at radius 2 is 1.61 bits per heavy atom. The van der Waals surface area contributed by atoms with E-state index in [4.69, 9.17) is 19.2 Å². The summed E-state index contributed by atoms with van der Waals surface area (Å²) in [5, 5.41) is 1.17. The van der Waals surface area contributed by atoms with Crippen LogP contribution in [0.5, 0.6) is 17.2 Å². The topological polar surface area (TPSA) is 64.1 Å². The Morgan fingerprint density at radius 1 is 0.939 bits per heavy atom. The standard InChI is InChI=1S/C26H29N3O4/c1-18-15-24(27-21-8-6-5-7-20(18)21)28-11-13-29(14-12-28)25(30)10-9-19-16-22(31-2)26(33-4)23(17-19)32-3/h5-10,15-17H,11-14H2,1-4H3/b10-9+. The number of piperazine rings is 1. The lowest BCUT2D eigenvalue weighted by Gasteiger charge is -2.35. The molecule has 7 nitrogen and oxygen atoms in total. The highest BCUT2D eigenvalue weighted by Gasteiger charge is 2.21. The van der Waals surface area contributed by atoms with Gasteiger partial charge in [-0.15, -0.1) is 0 Å². The molecule has 1 aliphatic heterocycles. The molecule has 0 unspecified atom stereocenters. The number of para-hydroxylation sites is 1. The SMILES string of the molecule is COc1cc(/C=C/C(=O)N2CCN(c3cc(C)c4ccccc4n3)CC2)cc(OC)c1OC. The van der Waals surface area contributed by atoms with Gasteiger partial charge in [-0.2, -0.15) is 0 Å². The molecule has 1 aliphatic rings. The van der Waals surface area contributed by atoms with Gasteiger partial charge in [0.1, 0.15) is 5.82 Å². The predicted molar refractivity (Wildman–Crippen MR) is 130 cm³/mol. The minimum Gasteiger partial charge on any atom is -0.493 e. The molecule has 4 rings (SSSR count). The van der Waals surface area contributed by atoms with Gasteiger partial charge in [0, 0.05) is 37.6 Å². The van der Waals surface area contributed by atoms with Gasteiger partial charge in [-0.05, 0) is 48.4 Å². The molecule has 2 aromatic carbocycles. The number of fused-ring (bicyclic) bond motifs is 1. The number of benzene rings is 2. The Balaban J connectivity index is 1.42. The maximum absolute atomic E-state index is 12.8. The van der Waals surface area contributed by atoms with E-state index in [1.807, 2.05) is 35.2 Å². The highest BCUT2D eigenvalue weighted by Crippen LogP contribution is 2.38. The molecule has 1 saturated heterocycles. The highest BCUT2D eigenvalue weighted by molar-refractivity contribution is 5.92. The smallest absolute Gasteiger partial charge is 0.246 e. The molecule has 172 valence electrons. The van der Waals surface area contributed by atoms with E-state index in [2.05, 4.69) is 24.0 Å². The average molecular weight is 448 g/mol. The van der Waals surface area contributed by atoms with Crippen molar-refractivity contribution in [2.45, 2.75) is 6.92 Å². The van der Waals surface area contributed by atoms with Crippen LogP contribution in [0.15, 0.2) is 48.5 Å². The minimum absolute atomic E-state index is 0.0222. The fourth-order valence-corrected chi connectivity index (χ4v) is 4.12. The second-order valence-corrected chi connectivity index (χ2v) is 7.92. The van der Waals surface area contributed by atoms with E-state index in [1.165, 1.54) is 10.9 Å². The van der Waals surface area contributed by atoms with Crippen LogP contribution >= 0.6 is 0 Å². The molecule has 3 aromatic rings. The predicted octanol–water partition coefficient (Wildman–Crippen LogP) is 3.93. The second kappa shape index (κ2) is 9.81. The number of rotatable bonds is 6. The summed E-state index contributed by atoms with van der Waals surface area (Å²) in [6.45, 7) is 4.89. The molecule has 0 aliphatic carbocycles. The lowest BCUT2D eigenvalue weighted by molar-refractivity contribution is -0.126. The average Bonchev–Trinajstić information content (AvgIpc) is 2.86. The lowest BCUT2D eigenvalue weighted by Crippen LogP contribution is -2.48. The number of aromatic nitrogens is 1. The summed E-state index contributed by atoms with van der Waals surface area (Å²) in [6, 6.07) is 13.9. The van der Waals surface area contributed by atoms with Crippen molar-refractivity contribution < 1.29 is 19.0 Å². The van der Waals surface area contributed by atoms with Crippen molar-refractivity contribution in [3.63, 3.8) is 0 Å². The molecule has 0 bridgehead atoms. The fraction of sp³-hybridized carbons (Fsp3) is 0.308. The molecular formula is C26H29N3O4. The van der Waals surface area contributed by atoms with Gasteiger partial charge < -0.3 is 24.0 Å². The van der Waals surface area contributed by atoms with E-state index in [-0.39, 0.29) is 5.91 Å². The lowest BCUT2D eigenvalue weighted by atomic mass is 10.1. The second-order valence-electron chi connectivity index (χ2n) is 7.92. The van der Waals surface area contributed by atoms with Crippen LogP contribution < -0.4 is 19.1 Å². The number of methoxy groups -OCH3 is 3. The number of hydrogen-bond acceptors (Lipinski definition) is 6. The zero-order chi connectivity index (χ0) is 23.4. The van der Waals surface area contributed by atoms with Gasteiger partial charge >= 0.3 is 0 Å². The number of amides is 1. The molecule has 7 heteroatoms. The van der Waals surface area contributed by atoms with Crippen LogP contribution in [-0.4, -0.2) is 63.3 Å². The first-order chi connectivity index (χ1) is 16.0. The third-order valence-corrected chi connectivity index (χ3v) is 5.93. The van der Waals surface area contributed by atoms with E-state index in [9.17, 15) is 4.79 Å². The van der Waals surface area contributed by atoms with E-state index < -0.39 is 0 Å². The van der Waals surface area contributed by atoms with Gasteiger partial charge in [-0.25, -0.2) is 4.98 Å². The number of hydrogen-bond donors (Lipinski definition) is 0. The Bertz CT molecular complexity index is 1160. The van der Waals surface area contributed by atoms with Crippen LogP contribution in [0.1, 0.15) is 11.1 Å². The van der Waals surface area contributed by atoms with E-state index in [1.54, 1.807) is 33.5 Å². The molecule has 0 atom stereocenters. The summed E-state index contributed by atoms with van der Waals surface area (Å²) in [7, 11) is 4.70. The fourth-order valence-electron chi connectivity index (χ4n) is 4.12. The minimum atomic E-state index is -0.0222. The normalized spacial score (nSPS) is 14.1. The largest absolute Gasteiger partial charge is 0.493 e. The van der Waals surface area contributed by atoms with Crippen molar-refractivity contribution in [3.8, 4) is 17.2 Å². The van der Waals surface area contributed by atoms with Crippen molar-refractivity contribution in [3.05, 3.63) is 59.7 Å². The first-order valence-corrected chi connectivity index (χ1v) is 10.9.